The fourth-order valence-electron chi connectivity index (χ4n) is 5.67. The number of ether oxygens (including phenoxy) is 8. The highest BCUT2D eigenvalue weighted by molar-refractivity contribution is 5.90. The van der Waals surface area contributed by atoms with Crippen LogP contribution < -0.4 is 17.1 Å². The molecule has 22 nitrogen and oxygen atoms in total. The lowest BCUT2D eigenvalue weighted by Crippen LogP contribution is -2.56. The van der Waals surface area contributed by atoms with Crippen LogP contribution in [0.1, 0.15) is 47.5 Å². The van der Waals surface area contributed by atoms with Gasteiger partial charge in [0.15, 0.2) is 0 Å². The van der Waals surface area contributed by atoms with Crippen molar-refractivity contribution < 1.29 is 76.9 Å². The average molecular weight is 818 g/mol. The van der Waals surface area contributed by atoms with Crippen molar-refractivity contribution in [3.05, 3.63) is 31.5 Å². The molecule has 57 heavy (non-hydrogen) atoms. The van der Waals surface area contributed by atoms with E-state index in [-0.39, 0.29) is 26.3 Å². The number of carbonyl (C=O) groups is 6. The second-order valence-electron chi connectivity index (χ2n) is 14.2. The van der Waals surface area contributed by atoms with Gasteiger partial charge in [-0.05, 0) is 26.7 Å². The number of methoxy groups -OCH3 is 2. The van der Waals surface area contributed by atoms with E-state index in [4.69, 9.17) is 37.9 Å². The molecule has 0 radical (unpaired) electrons. The van der Waals surface area contributed by atoms with Crippen LogP contribution in [-0.2, 0) is 86.3 Å². The van der Waals surface area contributed by atoms with Crippen molar-refractivity contribution in [2.45, 2.75) is 104 Å². The van der Waals surface area contributed by atoms with E-state index in [2.05, 4.69) is 0 Å². The Hall–Kier alpha value is -4.93. The van der Waals surface area contributed by atoms with E-state index < -0.39 is 146 Å². The van der Waals surface area contributed by atoms with Crippen LogP contribution in [0, 0.1) is 23.7 Å². The summed E-state index contributed by atoms with van der Waals surface area (Å²) in [6.45, 7) is 5.26. The summed E-state index contributed by atoms with van der Waals surface area (Å²) in [4.78, 5) is 118. The van der Waals surface area contributed by atoms with Gasteiger partial charge < -0.3 is 48.1 Å². The van der Waals surface area contributed by atoms with Crippen LogP contribution in [0.3, 0.4) is 0 Å². The number of aliphatic hydroxyl groups is 2. The van der Waals surface area contributed by atoms with Crippen molar-refractivity contribution in [1.29, 1.82) is 0 Å². The van der Waals surface area contributed by atoms with Gasteiger partial charge in [-0.1, -0.05) is 13.8 Å². The molecule has 3 heterocycles. The summed E-state index contributed by atoms with van der Waals surface area (Å²) < 4.78 is 42.8. The zero-order chi connectivity index (χ0) is 42.7. The molecule has 1 aromatic rings. The highest BCUT2D eigenvalue weighted by atomic mass is 16.6. The van der Waals surface area contributed by atoms with Crippen molar-refractivity contribution in [2.24, 2.45) is 23.7 Å². The van der Waals surface area contributed by atoms with Gasteiger partial charge in [-0.25, -0.2) is 32.9 Å². The lowest BCUT2D eigenvalue weighted by atomic mass is 9.86. The summed E-state index contributed by atoms with van der Waals surface area (Å²) in [6, 6.07) is 0. The molecule has 1 aromatic heterocycles. The third-order valence-corrected chi connectivity index (χ3v) is 8.68. The molecule has 0 aromatic carbocycles. The van der Waals surface area contributed by atoms with E-state index in [1.807, 2.05) is 0 Å². The molecule has 2 aliphatic rings. The van der Waals surface area contributed by atoms with Crippen LogP contribution >= 0.6 is 0 Å². The van der Waals surface area contributed by atoms with Crippen LogP contribution in [0.5, 0.6) is 0 Å². The van der Waals surface area contributed by atoms with Gasteiger partial charge in [0.1, 0.15) is 25.2 Å². The number of epoxide rings is 2. The third kappa shape index (κ3) is 13.6. The van der Waals surface area contributed by atoms with Crippen LogP contribution in [0.2, 0.25) is 0 Å². The van der Waals surface area contributed by atoms with Crippen molar-refractivity contribution in [3.8, 4) is 0 Å². The normalized spacial score (nSPS) is 19.0. The molecular formula is C35H51N3O19. The first-order valence-corrected chi connectivity index (χ1v) is 18.2. The molecule has 0 aliphatic carbocycles. The van der Waals surface area contributed by atoms with Gasteiger partial charge in [-0.15, -0.1) is 0 Å². The Labute approximate surface area is 325 Å². The second-order valence-corrected chi connectivity index (χ2v) is 14.2. The average Bonchev–Trinajstić information content (AvgIpc) is 4.09. The van der Waals surface area contributed by atoms with E-state index in [0.29, 0.717) is 4.57 Å². The monoisotopic (exact) mass is 817 g/mol. The molecule has 0 spiro atoms. The van der Waals surface area contributed by atoms with E-state index in [1.165, 1.54) is 34.6 Å². The Morgan fingerprint density at radius 3 is 1.51 bits per heavy atom. The molecular weight excluding hydrogens is 766 g/mol. The van der Waals surface area contributed by atoms with Gasteiger partial charge in [0.05, 0.1) is 96.2 Å². The first kappa shape index (κ1) is 46.5. The molecule has 8 unspecified atom stereocenters. The number of aliphatic hydroxyl groups excluding tert-OH is 2. The molecule has 2 N–H and O–H groups in total. The Bertz CT molecular complexity index is 1740. The maximum Gasteiger partial charge on any atom is 0.348 e. The number of aromatic nitrogens is 3. The zero-order valence-electron chi connectivity index (χ0n) is 32.8. The molecule has 0 bridgehead atoms. The summed E-state index contributed by atoms with van der Waals surface area (Å²) in [6.07, 6.45) is -8.39. The fourth-order valence-corrected chi connectivity index (χ4v) is 5.67. The minimum Gasteiger partial charge on any atom is -0.469 e. The summed E-state index contributed by atoms with van der Waals surface area (Å²) in [5, 5.41) is 20.7. The zero-order valence-corrected chi connectivity index (χ0v) is 32.8. The van der Waals surface area contributed by atoms with Crippen molar-refractivity contribution in [3.63, 3.8) is 0 Å². The summed E-state index contributed by atoms with van der Waals surface area (Å²) in [7, 11) is 2.02. The van der Waals surface area contributed by atoms with Gasteiger partial charge >= 0.3 is 52.9 Å². The van der Waals surface area contributed by atoms with Gasteiger partial charge in [-0.3, -0.25) is 24.0 Å². The first-order valence-electron chi connectivity index (χ1n) is 18.2. The van der Waals surface area contributed by atoms with Crippen LogP contribution in [0.15, 0.2) is 14.4 Å². The minimum absolute atomic E-state index is 0.168. The molecule has 0 saturated carbocycles. The summed E-state index contributed by atoms with van der Waals surface area (Å²) in [5.41, 5.74) is -3.03. The first-order chi connectivity index (χ1) is 26.8. The molecule has 3 rings (SSSR count). The van der Waals surface area contributed by atoms with Crippen LogP contribution in [0.25, 0.3) is 0 Å². The van der Waals surface area contributed by atoms with E-state index in [9.17, 15) is 53.4 Å². The maximum atomic E-state index is 13.7. The van der Waals surface area contributed by atoms with Crippen LogP contribution in [-0.4, -0.2) is 137 Å². The Morgan fingerprint density at radius 2 is 1.11 bits per heavy atom. The molecule has 0 amide bonds. The highest BCUT2D eigenvalue weighted by Crippen LogP contribution is 2.28. The Morgan fingerprint density at radius 1 is 0.667 bits per heavy atom. The predicted molar refractivity (Wildman–Crippen MR) is 188 cm³/mol. The summed E-state index contributed by atoms with van der Waals surface area (Å²) >= 11 is 0. The topological polar surface area (TPSA) is 289 Å². The van der Waals surface area contributed by atoms with Crippen molar-refractivity contribution >= 4 is 35.8 Å². The van der Waals surface area contributed by atoms with Crippen molar-refractivity contribution in [2.75, 3.05) is 40.6 Å². The highest BCUT2D eigenvalue weighted by Gasteiger charge is 2.44. The number of hydrogen-bond donors (Lipinski definition) is 2. The number of rotatable bonds is 23. The van der Waals surface area contributed by atoms with Gasteiger partial charge in [-0.2, -0.15) is 0 Å². The molecule has 2 fully saturated rings. The Balaban J connectivity index is 1.93. The van der Waals surface area contributed by atoms with E-state index in [0.717, 1.165) is 23.4 Å². The number of hydrogen-bond acceptors (Lipinski definition) is 19. The molecule has 2 aliphatic heterocycles. The van der Waals surface area contributed by atoms with Gasteiger partial charge in [0, 0.05) is 0 Å². The van der Waals surface area contributed by atoms with E-state index >= 15 is 0 Å². The standard InChI is InChI=1S/C35H51N3O19/c1-17(2)27(31(45)50-6)28(32(46)51-7)57-26(42)9-24(29(43)54-13-19(5)39)23(8-25(41)56-18(3)4)30(44)55-14-20(40)10-36-33(47)37(11-21-15-52-21)35(49)38(34(36)48)12-22-16-53-22/h17-24,27-28,39-40H,8-16H2,1-7H3. The third-order valence-electron chi connectivity index (χ3n) is 8.68. The number of nitrogens with zero attached hydrogens (tertiary/aromatic N) is 3. The Kier molecular flexibility index (Phi) is 17.1. The van der Waals surface area contributed by atoms with Gasteiger partial charge in [0.25, 0.3) is 0 Å². The number of carbonyl (C=O) groups excluding carboxylic acids is 6. The maximum absolute atomic E-state index is 13.7. The fraction of sp³-hybridized carbons (Fsp3) is 0.743. The minimum atomic E-state index is -1.91. The quantitative estimate of drug-likeness (QED) is 0.0645. The molecule has 320 valence electrons. The molecule has 2 saturated heterocycles. The lowest BCUT2D eigenvalue weighted by molar-refractivity contribution is -0.180. The van der Waals surface area contributed by atoms with Crippen molar-refractivity contribution in [1.82, 2.24) is 13.7 Å². The number of esters is 6. The smallest absolute Gasteiger partial charge is 0.348 e. The van der Waals surface area contributed by atoms with E-state index in [1.54, 1.807) is 0 Å². The molecule has 8 atom stereocenters. The van der Waals surface area contributed by atoms with Crippen LogP contribution in [0.4, 0.5) is 0 Å². The SMILES string of the molecule is COC(=O)C(OC(=O)CC(C(=O)OCC(C)O)C(CC(=O)OC(C)C)C(=O)OCC(O)Cn1c(=O)n(CC2CO2)c(=O)n(CC2CO2)c1=O)C(C(=O)OC)C(C)C. The predicted octanol–water partition coefficient (Wildman–Crippen LogP) is -2.71. The second kappa shape index (κ2) is 21.0. The summed E-state index contributed by atoms with van der Waals surface area (Å²) in [5.74, 6) is -12.9. The van der Waals surface area contributed by atoms with Gasteiger partial charge in [0.2, 0.25) is 6.10 Å². The largest absolute Gasteiger partial charge is 0.469 e. The molecule has 22 heteroatoms. The lowest BCUT2D eigenvalue weighted by Gasteiger charge is -2.28.